The average Bonchev–Trinajstić information content (AvgIpc) is 2.64. The van der Waals surface area contributed by atoms with Gasteiger partial charge >= 0.3 is 0 Å². The highest BCUT2D eigenvalue weighted by Gasteiger charge is 2.14. The molecule has 0 aliphatic carbocycles. The molecule has 0 radical (unpaired) electrons. The number of likely N-dealkylation sites (N-methyl/N-ethyl adjacent to an activating group) is 2. The quantitative estimate of drug-likeness (QED) is 0.266. The topological polar surface area (TPSA) is 9.72 Å². The first kappa shape index (κ1) is 23.7. The Morgan fingerprint density at radius 1 is 1.00 bits per heavy atom. The first-order valence-electron chi connectivity index (χ1n) is 9.13. The standard InChI is InChI=1S/C23H37N3/c1-10-14-15-17-23(25(9)24(8)20(5)12-3)18-19-26(21(6)13-4)22(7)16-11-2/h10-18,20,22H,3-4,6,19H2,1-2,5,7-9H3/b14-10-,16-11+,17-15+,23-18-. The van der Waals surface area contributed by atoms with Gasteiger partial charge in [-0.1, -0.05) is 49.6 Å². The van der Waals surface area contributed by atoms with Crippen molar-refractivity contribution in [1.29, 1.82) is 0 Å². The fourth-order valence-electron chi connectivity index (χ4n) is 2.42. The molecule has 2 atom stereocenters. The summed E-state index contributed by atoms with van der Waals surface area (Å²) in [7, 11) is 4.13. The molecule has 0 amide bonds. The average molecular weight is 356 g/mol. The highest BCUT2D eigenvalue weighted by molar-refractivity contribution is 5.23. The molecule has 3 nitrogen and oxygen atoms in total. The number of allylic oxidation sites excluding steroid dienone is 6. The summed E-state index contributed by atoms with van der Waals surface area (Å²) in [5, 5.41) is 4.29. The molecular formula is C23H37N3. The van der Waals surface area contributed by atoms with Crippen LogP contribution in [0.5, 0.6) is 0 Å². The van der Waals surface area contributed by atoms with Crippen molar-refractivity contribution >= 4 is 0 Å². The minimum absolute atomic E-state index is 0.236. The molecule has 2 unspecified atom stereocenters. The number of hydrogen-bond donors (Lipinski definition) is 0. The van der Waals surface area contributed by atoms with Gasteiger partial charge in [-0.15, -0.1) is 6.58 Å². The Labute approximate surface area is 161 Å². The summed E-state index contributed by atoms with van der Waals surface area (Å²) >= 11 is 0. The zero-order valence-electron chi connectivity index (χ0n) is 17.5. The summed E-state index contributed by atoms with van der Waals surface area (Å²) in [6.45, 7) is 21.0. The molecule has 0 aromatic rings. The van der Waals surface area contributed by atoms with Crippen molar-refractivity contribution in [3.8, 4) is 0 Å². The van der Waals surface area contributed by atoms with Crippen molar-refractivity contribution in [3.63, 3.8) is 0 Å². The van der Waals surface area contributed by atoms with E-state index in [1.807, 2.05) is 32.1 Å². The minimum atomic E-state index is 0.236. The summed E-state index contributed by atoms with van der Waals surface area (Å²) in [6, 6.07) is 0.484. The van der Waals surface area contributed by atoms with Gasteiger partial charge in [-0.3, -0.25) is 0 Å². The number of hydrazine groups is 1. The third-order valence-electron chi connectivity index (χ3n) is 4.41. The van der Waals surface area contributed by atoms with Gasteiger partial charge in [0.15, 0.2) is 0 Å². The second-order valence-electron chi connectivity index (χ2n) is 6.20. The third kappa shape index (κ3) is 7.75. The van der Waals surface area contributed by atoms with Gasteiger partial charge < -0.3 is 9.91 Å². The van der Waals surface area contributed by atoms with E-state index >= 15 is 0 Å². The lowest BCUT2D eigenvalue weighted by Gasteiger charge is -2.35. The van der Waals surface area contributed by atoms with Gasteiger partial charge in [0.1, 0.15) is 0 Å². The monoisotopic (exact) mass is 355 g/mol. The Morgan fingerprint density at radius 2 is 1.65 bits per heavy atom. The van der Waals surface area contributed by atoms with Gasteiger partial charge in [-0.2, -0.15) is 0 Å². The Kier molecular flexibility index (Phi) is 11.9. The fraction of sp³-hybridized carbons (Fsp3) is 0.391. The third-order valence-corrected chi connectivity index (χ3v) is 4.41. The van der Waals surface area contributed by atoms with Crippen LogP contribution in [0.2, 0.25) is 0 Å². The number of rotatable bonds is 12. The van der Waals surface area contributed by atoms with Gasteiger partial charge in [0.2, 0.25) is 0 Å². The highest BCUT2D eigenvalue weighted by atomic mass is 15.6. The minimum Gasteiger partial charge on any atom is -0.362 e. The molecule has 0 heterocycles. The molecule has 0 spiro atoms. The molecule has 144 valence electrons. The van der Waals surface area contributed by atoms with Crippen molar-refractivity contribution in [1.82, 2.24) is 14.9 Å². The van der Waals surface area contributed by atoms with E-state index in [0.717, 1.165) is 17.9 Å². The summed E-state index contributed by atoms with van der Waals surface area (Å²) in [6.07, 6.45) is 18.4. The molecule has 0 aromatic heterocycles. The van der Waals surface area contributed by atoms with Gasteiger partial charge in [-0.25, -0.2) is 5.01 Å². The van der Waals surface area contributed by atoms with E-state index in [0.29, 0.717) is 0 Å². The van der Waals surface area contributed by atoms with Crippen molar-refractivity contribution in [3.05, 3.63) is 85.8 Å². The van der Waals surface area contributed by atoms with E-state index in [1.165, 1.54) is 0 Å². The molecule has 26 heavy (non-hydrogen) atoms. The summed E-state index contributed by atoms with van der Waals surface area (Å²) < 4.78 is 0. The van der Waals surface area contributed by atoms with Crippen LogP contribution >= 0.6 is 0 Å². The Hall–Kier alpha value is -2.26. The molecule has 0 bridgehead atoms. The van der Waals surface area contributed by atoms with Crippen LogP contribution in [0.4, 0.5) is 0 Å². The van der Waals surface area contributed by atoms with Crippen LogP contribution in [0.3, 0.4) is 0 Å². The van der Waals surface area contributed by atoms with Crippen LogP contribution in [-0.2, 0) is 0 Å². The fourth-order valence-corrected chi connectivity index (χ4v) is 2.42. The van der Waals surface area contributed by atoms with Gasteiger partial charge in [0.05, 0.1) is 0 Å². The SMILES string of the molecule is C=CC(=C)N(C/C=C(/C=C/C=C\C)N(C)N(C)C(C)C=C)C(C)/C=C/C. The van der Waals surface area contributed by atoms with Crippen LogP contribution in [-0.4, -0.2) is 47.6 Å². The zero-order valence-corrected chi connectivity index (χ0v) is 17.5. The molecule has 0 N–H and O–H groups in total. The van der Waals surface area contributed by atoms with Gasteiger partial charge in [-0.05, 0) is 45.9 Å². The van der Waals surface area contributed by atoms with Gasteiger partial charge in [0.25, 0.3) is 0 Å². The number of hydrogen-bond acceptors (Lipinski definition) is 3. The van der Waals surface area contributed by atoms with Crippen molar-refractivity contribution in [2.45, 2.75) is 39.8 Å². The normalized spacial score (nSPS) is 15.0. The van der Waals surface area contributed by atoms with E-state index in [-0.39, 0.29) is 12.1 Å². The summed E-state index contributed by atoms with van der Waals surface area (Å²) in [5.74, 6) is 0. The zero-order chi connectivity index (χ0) is 20.1. The van der Waals surface area contributed by atoms with E-state index in [1.54, 1.807) is 6.08 Å². The van der Waals surface area contributed by atoms with E-state index in [9.17, 15) is 0 Å². The first-order valence-corrected chi connectivity index (χ1v) is 9.13. The van der Waals surface area contributed by atoms with Gasteiger partial charge in [0, 0.05) is 44.1 Å². The molecular weight excluding hydrogens is 318 g/mol. The van der Waals surface area contributed by atoms with Crippen LogP contribution in [0.1, 0.15) is 27.7 Å². The molecule has 0 saturated heterocycles. The molecule has 0 aliphatic heterocycles. The largest absolute Gasteiger partial charge is 0.362 e. The highest BCUT2D eigenvalue weighted by Crippen LogP contribution is 2.14. The van der Waals surface area contributed by atoms with Crippen LogP contribution in [0.15, 0.2) is 85.8 Å². The lowest BCUT2D eigenvalue weighted by atomic mass is 10.2. The number of nitrogens with zero attached hydrogens (tertiary/aromatic N) is 3. The molecule has 0 saturated carbocycles. The van der Waals surface area contributed by atoms with Crippen LogP contribution < -0.4 is 0 Å². The second kappa shape index (κ2) is 13.0. The Bertz CT molecular complexity index is 566. The van der Waals surface area contributed by atoms with E-state index in [4.69, 9.17) is 0 Å². The summed E-state index contributed by atoms with van der Waals surface area (Å²) in [4.78, 5) is 2.22. The predicted octanol–water partition coefficient (Wildman–Crippen LogP) is 5.32. The second-order valence-corrected chi connectivity index (χ2v) is 6.20. The van der Waals surface area contributed by atoms with E-state index < -0.39 is 0 Å². The van der Waals surface area contributed by atoms with Crippen molar-refractivity contribution in [2.75, 3.05) is 20.6 Å². The van der Waals surface area contributed by atoms with Crippen molar-refractivity contribution < 1.29 is 0 Å². The first-order chi connectivity index (χ1) is 12.3. The summed E-state index contributed by atoms with van der Waals surface area (Å²) in [5.41, 5.74) is 2.02. The molecule has 0 fully saturated rings. The lowest BCUT2D eigenvalue weighted by Crippen LogP contribution is -2.41. The maximum Gasteiger partial charge on any atom is 0.0496 e. The van der Waals surface area contributed by atoms with Crippen molar-refractivity contribution in [2.24, 2.45) is 0 Å². The molecule has 3 heteroatoms. The Morgan fingerprint density at radius 3 is 2.15 bits per heavy atom. The molecule has 0 aliphatic rings. The maximum atomic E-state index is 4.13. The van der Waals surface area contributed by atoms with E-state index in [2.05, 4.69) is 93.0 Å². The van der Waals surface area contributed by atoms with Crippen LogP contribution in [0.25, 0.3) is 0 Å². The smallest absolute Gasteiger partial charge is 0.0496 e. The molecule has 0 rings (SSSR count). The van der Waals surface area contributed by atoms with Crippen LogP contribution in [0, 0.1) is 0 Å². The Balaban J connectivity index is 5.66. The maximum absolute atomic E-state index is 4.13. The predicted molar refractivity (Wildman–Crippen MR) is 118 cm³/mol. The molecule has 0 aromatic carbocycles. The lowest BCUT2D eigenvalue weighted by molar-refractivity contribution is 0.0469.